The molecule has 10 atom stereocenters. The molecule has 0 spiro atoms. The summed E-state index contributed by atoms with van der Waals surface area (Å²) < 4.78 is 44.6. The van der Waals surface area contributed by atoms with Gasteiger partial charge in [-0.15, -0.1) is 0 Å². The standard InChI is InChI=1S/C28H34F2O7S/c1-5-22(33)37-28(24(35)38)13(2)8-16-17-9-19(29)18-10-20(31)15(14-6-7-36-23(14)34)11-25(18,3)27(17,30)21(32)12-26(16,28)4/h10-11,13-14,16-17,19,21,32H,5-9,12H2,1-4H3,(H,35,38)/t13-,14+,16+,17+,19+,21+,25+,26+,27+,28+/m1/s1. The summed E-state index contributed by atoms with van der Waals surface area (Å²) in [6, 6.07) is 0. The number of hydrogen-bond donors (Lipinski definition) is 2. The summed E-state index contributed by atoms with van der Waals surface area (Å²) in [5.41, 5.74) is -6.93. The second-order valence-electron chi connectivity index (χ2n) is 12.1. The lowest BCUT2D eigenvalue weighted by Gasteiger charge is -2.63. The Hall–Kier alpha value is -2.20. The van der Waals surface area contributed by atoms with E-state index in [0.29, 0.717) is 0 Å². The van der Waals surface area contributed by atoms with Gasteiger partial charge in [-0.05, 0) is 62.4 Å². The number of aliphatic hydroxyl groups is 2. The molecule has 0 radical (unpaired) electrons. The van der Waals surface area contributed by atoms with Crippen LogP contribution < -0.4 is 0 Å². The van der Waals surface area contributed by atoms with E-state index in [2.05, 4.69) is 0 Å². The second-order valence-corrected chi connectivity index (χ2v) is 12.5. The zero-order chi connectivity index (χ0) is 28.0. The zero-order valence-electron chi connectivity index (χ0n) is 22.0. The lowest BCUT2D eigenvalue weighted by Crippen LogP contribution is -2.71. The highest BCUT2D eigenvalue weighted by atomic mass is 32.1. The third-order valence-corrected chi connectivity index (χ3v) is 10.8. The highest BCUT2D eigenvalue weighted by molar-refractivity contribution is 7.80. The van der Waals surface area contributed by atoms with Crippen molar-refractivity contribution in [1.82, 2.24) is 0 Å². The summed E-state index contributed by atoms with van der Waals surface area (Å²) in [6.07, 6.45) is -0.833. The Morgan fingerprint density at radius 1 is 1.26 bits per heavy atom. The number of halogens is 2. The Balaban J connectivity index is 1.65. The number of hydrogen-bond acceptors (Lipinski definition) is 7. The van der Waals surface area contributed by atoms with Gasteiger partial charge in [0.2, 0.25) is 5.05 Å². The van der Waals surface area contributed by atoms with Crippen LogP contribution in [0.1, 0.15) is 59.8 Å². The number of cyclic esters (lactones) is 1. The quantitative estimate of drug-likeness (QED) is 0.397. The highest BCUT2D eigenvalue weighted by Gasteiger charge is 2.78. The predicted molar refractivity (Wildman–Crippen MR) is 136 cm³/mol. The van der Waals surface area contributed by atoms with Crippen molar-refractivity contribution in [2.24, 2.45) is 34.5 Å². The minimum absolute atomic E-state index is 0.0286. The van der Waals surface area contributed by atoms with Crippen molar-refractivity contribution < 1.29 is 42.9 Å². The maximum absolute atomic E-state index is 17.8. The van der Waals surface area contributed by atoms with Crippen molar-refractivity contribution in [3.63, 3.8) is 0 Å². The number of allylic oxidation sites excluding steroid dienone is 3. The Labute approximate surface area is 225 Å². The molecule has 0 amide bonds. The van der Waals surface area contributed by atoms with Crippen LogP contribution in [0, 0.1) is 34.5 Å². The molecule has 208 valence electrons. The topological polar surface area (TPSA) is 110 Å². The minimum Gasteiger partial charge on any atom is -0.499 e. The van der Waals surface area contributed by atoms with E-state index < -0.39 is 80.8 Å². The molecule has 1 heterocycles. The summed E-state index contributed by atoms with van der Waals surface area (Å²) >= 11 is 5.23. The summed E-state index contributed by atoms with van der Waals surface area (Å²) in [4.78, 5) is 37.8. The van der Waals surface area contributed by atoms with Crippen molar-refractivity contribution in [3.8, 4) is 0 Å². The lowest BCUT2D eigenvalue weighted by atomic mass is 9.44. The van der Waals surface area contributed by atoms with Crippen molar-refractivity contribution in [2.45, 2.75) is 83.3 Å². The number of ketones is 1. The van der Waals surface area contributed by atoms with Crippen LogP contribution in [0.2, 0.25) is 0 Å². The van der Waals surface area contributed by atoms with Gasteiger partial charge in [0.1, 0.15) is 6.17 Å². The zero-order valence-corrected chi connectivity index (χ0v) is 22.8. The van der Waals surface area contributed by atoms with E-state index in [9.17, 15) is 24.6 Å². The average molecular weight is 553 g/mol. The summed E-state index contributed by atoms with van der Waals surface area (Å²) in [5.74, 6) is -4.77. The number of thiocarbonyl (C=S) groups is 1. The normalized spacial score (nSPS) is 47.8. The molecule has 7 nitrogen and oxygen atoms in total. The first-order valence-electron chi connectivity index (χ1n) is 13.3. The van der Waals surface area contributed by atoms with Gasteiger partial charge in [0.25, 0.3) is 0 Å². The molecule has 0 bridgehead atoms. The number of fused-ring (bicyclic) bond motifs is 5. The molecule has 10 heteroatoms. The van der Waals surface area contributed by atoms with Gasteiger partial charge in [-0.3, -0.25) is 14.4 Å². The first kappa shape index (κ1) is 27.4. The number of ether oxygens (including phenoxy) is 2. The van der Waals surface area contributed by atoms with Gasteiger partial charge in [-0.25, -0.2) is 8.78 Å². The van der Waals surface area contributed by atoms with Crippen LogP contribution >= 0.6 is 12.2 Å². The molecule has 4 fully saturated rings. The molecule has 2 N–H and O–H groups in total. The molecule has 1 aliphatic heterocycles. The molecule has 0 unspecified atom stereocenters. The molecule has 5 aliphatic rings. The van der Waals surface area contributed by atoms with Gasteiger partial charge in [0.15, 0.2) is 17.1 Å². The number of rotatable bonds is 4. The second kappa shape index (κ2) is 8.65. The molecule has 38 heavy (non-hydrogen) atoms. The van der Waals surface area contributed by atoms with Crippen LogP contribution in [0.3, 0.4) is 0 Å². The van der Waals surface area contributed by atoms with Crippen LogP contribution in [0.5, 0.6) is 0 Å². The van der Waals surface area contributed by atoms with E-state index >= 15 is 8.78 Å². The van der Waals surface area contributed by atoms with Crippen LogP contribution in [0.25, 0.3) is 0 Å². The molecular weight excluding hydrogens is 518 g/mol. The molecular formula is C28H34F2O7S. The molecule has 0 aromatic heterocycles. The largest absolute Gasteiger partial charge is 0.499 e. The van der Waals surface area contributed by atoms with Crippen molar-refractivity contribution >= 4 is 35.0 Å². The third kappa shape index (κ3) is 3.19. The number of aliphatic hydroxyl groups excluding tert-OH is 2. The molecule has 4 aliphatic carbocycles. The summed E-state index contributed by atoms with van der Waals surface area (Å²) in [6.45, 7) is 6.70. The van der Waals surface area contributed by atoms with E-state index in [0.717, 1.165) is 6.08 Å². The van der Waals surface area contributed by atoms with Gasteiger partial charge in [0, 0.05) is 34.7 Å². The Kier molecular flexibility index (Phi) is 6.23. The molecule has 1 saturated heterocycles. The minimum atomic E-state index is -2.40. The fraction of sp³-hybridized carbons (Fsp3) is 0.714. The third-order valence-electron chi connectivity index (χ3n) is 10.5. The Bertz CT molecular complexity index is 1180. The fourth-order valence-electron chi connectivity index (χ4n) is 8.67. The number of esters is 2. The first-order valence-corrected chi connectivity index (χ1v) is 13.7. The number of carbonyl (C=O) groups is 3. The fourth-order valence-corrected chi connectivity index (χ4v) is 9.15. The van der Waals surface area contributed by atoms with Crippen molar-refractivity contribution in [2.75, 3.05) is 6.61 Å². The number of carbonyl (C=O) groups excluding carboxylic acids is 3. The maximum atomic E-state index is 17.8. The Morgan fingerprint density at radius 2 is 1.95 bits per heavy atom. The lowest BCUT2D eigenvalue weighted by molar-refractivity contribution is -0.222. The van der Waals surface area contributed by atoms with E-state index in [1.54, 1.807) is 20.8 Å². The Morgan fingerprint density at radius 3 is 2.53 bits per heavy atom. The maximum Gasteiger partial charge on any atom is 0.313 e. The smallest absolute Gasteiger partial charge is 0.313 e. The van der Waals surface area contributed by atoms with E-state index in [1.807, 2.05) is 0 Å². The van der Waals surface area contributed by atoms with Gasteiger partial charge in [-0.2, -0.15) is 0 Å². The highest BCUT2D eigenvalue weighted by Crippen LogP contribution is 2.72. The summed E-state index contributed by atoms with van der Waals surface area (Å²) in [5, 5.41) is 21.9. The van der Waals surface area contributed by atoms with Crippen LogP contribution in [-0.4, -0.2) is 63.1 Å². The van der Waals surface area contributed by atoms with Crippen LogP contribution in [-0.2, 0) is 23.9 Å². The van der Waals surface area contributed by atoms with E-state index in [-0.39, 0.29) is 49.9 Å². The van der Waals surface area contributed by atoms with E-state index in [1.165, 1.54) is 13.0 Å². The van der Waals surface area contributed by atoms with Gasteiger partial charge in [-0.1, -0.05) is 26.8 Å². The van der Waals surface area contributed by atoms with Gasteiger partial charge < -0.3 is 19.7 Å². The summed E-state index contributed by atoms with van der Waals surface area (Å²) in [7, 11) is 0. The van der Waals surface area contributed by atoms with Crippen LogP contribution in [0.15, 0.2) is 23.3 Å². The SMILES string of the molecule is CCC(=O)O[C@]1(C(O)=S)[C@H](C)C[C@H]2[C@@H]3C[C@H](F)C4=CC(=O)C([C@@H]5CCOC5=O)=C[C@]4(C)[C@@]3(F)[C@@H](O)C[C@@]21C. The van der Waals surface area contributed by atoms with Gasteiger partial charge >= 0.3 is 11.9 Å². The molecule has 0 aromatic rings. The first-order chi connectivity index (χ1) is 17.7. The van der Waals surface area contributed by atoms with Crippen molar-refractivity contribution in [3.05, 3.63) is 23.3 Å². The number of alkyl halides is 2. The average Bonchev–Trinajstić information content (AvgIpc) is 3.36. The predicted octanol–water partition coefficient (Wildman–Crippen LogP) is 4.06. The van der Waals surface area contributed by atoms with E-state index in [4.69, 9.17) is 21.7 Å². The molecule has 3 saturated carbocycles. The monoisotopic (exact) mass is 552 g/mol. The molecule has 0 aromatic carbocycles. The van der Waals surface area contributed by atoms with Crippen LogP contribution in [0.4, 0.5) is 8.78 Å². The van der Waals surface area contributed by atoms with Gasteiger partial charge in [0.05, 0.1) is 18.6 Å². The van der Waals surface area contributed by atoms with Crippen molar-refractivity contribution in [1.29, 1.82) is 0 Å². The molecule has 5 rings (SSSR count).